The van der Waals surface area contributed by atoms with E-state index in [0.717, 1.165) is 12.1 Å². The molecule has 29 heavy (non-hydrogen) atoms. The van der Waals surface area contributed by atoms with Gasteiger partial charge in [0.05, 0.1) is 5.92 Å². The standard InChI is InChI=1S/C23H27N3O2S/c1-15(2)13-26-14-16(10-22(26)27)23(28)25-12-19(21-8-5-9-29-21)18-11-24-20-7-4-3-6-17(18)20/h3-9,11,15-16,19,24H,10,12-14H2,1-2H3,(H,25,28)/t16-,19-/m0/s1. The van der Waals surface area contributed by atoms with Crippen LogP contribution in [0.15, 0.2) is 48.0 Å². The number of carbonyl (C=O) groups excluding carboxylic acids is 2. The monoisotopic (exact) mass is 409 g/mol. The van der Waals surface area contributed by atoms with Gasteiger partial charge in [-0.3, -0.25) is 9.59 Å². The van der Waals surface area contributed by atoms with E-state index in [1.165, 1.54) is 15.8 Å². The Balaban J connectivity index is 1.48. The number of para-hydroxylation sites is 1. The van der Waals surface area contributed by atoms with Crippen LogP contribution in [0.3, 0.4) is 0 Å². The quantitative estimate of drug-likeness (QED) is 0.620. The topological polar surface area (TPSA) is 65.2 Å². The Morgan fingerprint density at radius 3 is 2.86 bits per heavy atom. The predicted molar refractivity (Wildman–Crippen MR) is 117 cm³/mol. The first-order valence-corrected chi connectivity index (χ1v) is 11.1. The molecule has 2 atom stereocenters. The second-order valence-corrected chi connectivity index (χ2v) is 9.18. The van der Waals surface area contributed by atoms with Gasteiger partial charge in [0.25, 0.3) is 0 Å². The first kappa shape index (κ1) is 19.7. The van der Waals surface area contributed by atoms with E-state index in [0.29, 0.717) is 25.4 Å². The lowest BCUT2D eigenvalue weighted by Gasteiger charge is -2.20. The molecule has 3 aromatic rings. The van der Waals surface area contributed by atoms with Crippen molar-refractivity contribution in [3.8, 4) is 0 Å². The molecule has 2 N–H and O–H groups in total. The average Bonchev–Trinajstić information content (AvgIpc) is 3.43. The Labute approximate surface area is 175 Å². The maximum Gasteiger partial charge on any atom is 0.225 e. The molecule has 5 nitrogen and oxygen atoms in total. The third-order valence-corrected chi connectivity index (χ3v) is 6.52. The first-order valence-electron chi connectivity index (χ1n) is 10.2. The van der Waals surface area contributed by atoms with Crippen molar-refractivity contribution in [3.63, 3.8) is 0 Å². The summed E-state index contributed by atoms with van der Waals surface area (Å²) < 4.78 is 0. The van der Waals surface area contributed by atoms with Crippen LogP contribution in [-0.2, 0) is 9.59 Å². The van der Waals surface area contributed by atoms with Crippen LogP contribution >= 0.6 is 11.3 Å². The van der Waals surface area contributed by atoms with E-state index in [1.807, 2.05) is 29.3 Å². The summed E-state index contributed by atoms with van der Waals surface area (Å²) in [6.45, 7) is 5.95. The zero-order valence-electron chi connectivity index (χ0n) is 16.9. The van der Waals surface area contributed by atoms with Crippen LogP contribution < -0.4 is 5.32 Å². The predicted octanol–water partition coefficient (Wildman–Crippen LogP) is 3.98. The molecule has 6 heteroatoms. The number of likely N-dealkylation sites (tertiary alicyclic amines) is 1. The second kappa shape index (κ2) is 8.41. The summed E-state index contributed by atoms with van der Waals surface area (Å²) in [6.07, 6.45) is 2.36. The van der Waals surface area contributed by atoms with Crippen molar-refractivity contribution in [2.24, 2.45) is 11.8 Å². The number of hydrogen-bond acceptors (Lipinski definition) is 3. The SMILES string of the molecule is CC(C)CN1C[C@@H](C(=O)NC[C@H](c2cccs2)c2c[nH]c3ccccc23)CC1=O. The second-order valence-electron chi connectivity index (χ2n) is 8.20. The Hall–Kier alpha value is -2.60. The number of fused-ring (bicyclic) bond motifs is 1. The number of carbonyl (C=O) groups is 2. The van der Waals surface area contributed by atoms with E-state index in [9.17, 15) is 9.59 Å². The lowest BCUT2D eigenvalue weighted by Crippen LogP contribution is -2.36. The van der Waals surface area contributed by atoms with Gasteiger partial charge >= 0.3 is 0 Å². The number of rotatable bonds is 7. The van der Waals surface area contributed by atoms with Gasteiger partial charge in [0, 0.05) is 53.9 Å². The molecule has 0 spiro atoms. The number of thiophene rings is 1. The van der Waals surface area contributed by atoms with Crippen LogP contribution in [-0.4, -0.2) is 41.3 Å². The highest BCUT2D eigenvalue weighted by molar-refractivity contribution is 7.10. The van der Waals surface area contributed by atoms with Gasteiger partial charge in [-0.05, 0) is 29.0 Å². The van der Waals surface area contributed by atoms with Crippen LogP contribution in [0.1, 0.15) is 36.6 Å². The number of aromatic nitrogens is 1. The minimum Gasteiger partial charge on any atom is -0.361 e. The molecule has 152 valence electrons. The molecule has 1 fully saturated rings. The Morgan fingerprint density at radius 2 is 2.10 bits per heavy atom. The summed E-state index contributed by atoms with van der Waals surface area (Å²) in [5.41, 5.74) is 2.29. The Bertz CT molecular complexity index is 993. The Morgan fingerprint density at radius 1 is 1.28 bits per heavy atom. The van der Waals surface area contributed by atoms with Gasteiger partial charge < -0.3 is 15.2 Å². The van der Waals surface area contributed by atoms with Crippen molar-refractivity contribution < 1.29 is 9.59 Å². The number of nitrogens with zero attached hydrogens (tertiary/aromatic N) is 1. The van der Waals surface area contributed by atoms with Crippen LogP contribution in [0.4, 0.5) is 0 Å². The molecule has 4 rings (SSSR count). The van der Waals surface area contributed by atoms with E-state index in [4.69, 9.17) is 0 Å². The number of H-pyrrole nitrogens is 1. The fourth-order valence-corrected chi connectivity index (χ4v) is 4.99. The molecule has 0 radical (unpaired) electrons. The summed E-state index contributed by atoms with van der Waals surface area (Å²) in [6, 6.07) is 12.4. The fraction of sp³-hybridized carbons (Fsp3) is 0.391. The van der Waals surface area contributed by atoms with Gasteiger partial charge in [0.2, 0.25) is 11.8 Å². The van der Waals surface area contributed by atoms with E-state index in [2.05, 4.69) is 47.7 Å². The smallest absolute Gasteiger partial charge is 0.225 e. The zero-order chi connectivity index (χ0) is 20.4. The molecule has 0 bridgehead atoms. The summed E-state index contributed by atoms with van der Waals surface area (Å²) >= 11 is 1.70. The maximum atomic E-state index is 12.8. The minimum absolute atomic E-state index is 0.0222. The fourth-order valence-electron chi connectivity index (χ4n) is 4.15. The number of aromatic amines is 1. The van der Waals surface area contributed by atoms with Crippen LogP contribution in [0.5, 0.6) is 0 Å². The molecule has 0 saturated carbocycles. The van der Waals surface area contributed by atoms with Gasteiger partial charge in [0.15, 0.2) is 0 Å². The molecule has 0 unspecified atom stereocenters. The van der Waals surface area contributed by atoms with Gasteiger partial charge in [0.1, 0.15) is 0 Å². The van der Waals surface area contributed by atoms with Crippen molar-refractivity contribution in [3.05, 3.63) is 58.4 Å². The number of amides is 2. The third-order valence-electron chi connectivity index (χ3n) is 5.53. The van der Waals surface area contributed by atoms with Crippen molar-refractivity contribution in [2.75, 3.05) is 19.6 Å². The summed E-state index contributed by atoms with van der Waals surface area (Å²) in [5, 5.41) is 6.38. The van der Waals surface area contributed by atoms with Crippen molar-refractivity contribution in [2.45, 2.75) is 26.2 Å². The van der Waals surface area contributed by atoms with E-state index < -0.39 is 0 Å². The summed E-state index contributed by atoms with van der Waals surface area (Å²) in [7, 11) is 0. The van der Waals surface area contributed by atoms with Crippen molar-refractivity contribution in [1.29, 1.82) is 0 Å². The molecule has 2 aromatic heterocycles. The summed E-state index contributed by atoms with van der Waals surface area (Å²) in [5.74, 6) is 0.300. The van der Waals surface area contributed by atoms with Crippen LogP contribution in [0.25, 0.3) is 10.9 Å². The van der Waals surface area contributed by atoms with Gasteiger partial charge in [-0.1, -0.05) is 38.1 Å². The molecule has 1 aliphatic rings. The van der Waals surface area contributed by atoms with Gasteiger partial charge in [-0.2, -0.15) is 0 Å². The third kappa shape index (κ3) is 4.22. The molecular formula is C23H27N3O2S. The van der Waals surface area contributed by atoms with Crippen molar-refractivity contribution in [1.82, 2.24) is 15.2 Å². The molecular weight excluding hydrogens is 382 g/mol. The normalized spacial score (nSPS) is 18.0. The Kier molecular flexibility index (Phi) is 5.72. The lowest BCUT2D eigenvalue weighted by atomic mass is 9.96. The van der Waals surface area contributed by atoms with Gasteiger partial charge in [-0.15, -0.1) is 11.3 Å². The van der Waals surface area contributed by atoms with E-state index in [1.54, 1.807) is 11.3 Å². The largest absolute Gasteiger partial charge is 0.361 e. The first-order chi connectivity index (χ1) is 14.0. The number of nitrogens with one attached hydrogen (secondary N) is 2. The van der Waals surface area contributed by atoms with E-state index in [-0.39, 0.29) is 23.7 Å². The van der Waals surface area contributed by atoms with Gasteiger partial charge in [-0.25, -0.2) is 0 Å². The highest BCUT2D eigenvalue weighted by atomic mass is 32.1. The molecule has 1 saturated heterocycles. The number of hydrogen-bond donors (Lipinski definition) is 2. The molecule has 2 amide bonds. The maximum absolute atomic E-state index is 12.8. The van der Waals surface area contributed by atoms with Crippen molar-refractivity contribution >= 4 is 34.1 Å². The highest BCUT2D eigenvalue weighted by Gasteiger charge is 2.34. The molecule has 1 aliphatic heterocycles. The van der Waals surface area contributed by atoms with E-state index >= 15 is 0 Å². The van der Waals surface area contributed by atoms with Crippen LogP contribution in [0, 0.1) is 11.8 Å². The minimum atomic E-state index is -0.256. The molecule has 0 aliphatic carbocycles. The average molecular weight is 410 g/mol. The summed E-state index contributed by atoms with van der Waals surface area (Å²) in [4.78, 5) is 31.5. The molecule has 1 aromatic carbocycles. The zero-order valence-corrected chi connectivity index (χ0v) is 17.7. The van der Waals surface area contributed by atoms with Crippen LogP contribution in [0.2, 0.25) is 0 Å². The molecule has 3 heterocycles. The highest BCUT2D eigenvalue weighted by Crippen LogP contribution is 2.33. The lowest BCUT2D eigenvalue weighted by molar-refractivity contribution is -0.129. The number of benzene rings is 1.